The summed E-state index contributed by atoms with van der Waals surface area (Å²) in [6.45, 7) is 2.78. The average molecular weight is 266 g/mol. The van der Waals surface area contributed by atoms with Crippen molar-refractivity contribution in [2.75, 3.05) is 6.54 Å². The van der Waals surface area contributed by atoms with Crippen molar-refractivity contribution in [1.82, 2.24) is 0 Å². The third-order valence-electron chi connectivity index (χ3n) is 1.76. The Labute approximate surface area is 104 Å². The molecule has 0 saturated carbocycles. The smallest absolute Gasteiger partial charge is 0.122 e. The van der Waals surface area contributed by atoms with Crippen LogP contribution in [0.3, 0.4) is 0 Å². The first-order valence-corrected chi connectivity index (χ1v) is 5.80. The van der Waals surface area contributed by atoms with Crippen LogP contribution in [0.25, 0.3) is 0 Å². The van der Waals surface area contributed by atoms with Crippen LogP contribution in [0.15, 0.2) is 22.4 Å². The Morgan fingerprint density at radius 3 is 2.27 bits per heavy atom. The highest BCUT2D eigenvalue weighted by Crippen LogP contribution is 2.36. The van der Waals surface area contributed by atoms with Crippen LogP contribution in [0.4, 0.5) is 5.69 Å². The van der Waals surface area contributed by atoms with Gasteiger partial charge in [-0.25, -0.2) is 0 Å². The number of azo groups is 1. The van der Waals surface area contributed by atoms with E-state index >= 15 is 0 Å². The molecule has 1 aromatic rings. The van der Waals surface area contributed by atoms with Crippen molar-refractivity contribution < 1.29 is 0 Å². The third-order valence-corrected chi connectivity index (χ3v) is 2.56. The Morgan fingerprint density at radius 1 is 1.13 bits per heavy atom. The van der Waals surface area contributed by atoms with E-state index in [0.29, 0.717) is 27.3 Å². The summed E-state index contributed by atoms with van der Waals surface area (Å²) in [7, 11) is 0. The molecule has 0 N–H and O–H groups in total. The molecule has 0 spiro atoms. The molecule has 0 aliphatic heterocycles. The highest BCUT2D eigenvalue weighted by molar-refractivity contribution is 6.41. The zero-order chi connectivity index (χ0) is 11.3. The molecule has 5 heteroatoms. The van der Waals surface area contributed by atoms with Gasteiger partial charge in [0.15, 0.2) is 0 Å². The second-order valence-electron chi connectivity index (χ2n) is 3.04. The molecule has 0 fully saturated rings. The van der Waals surface area contributed by atoms with Gasteiger partial charge >= 0.3 is 0 Å². The van der Waals surface area contributed by atoms with E-state index in [-0.39, 0.29) is 0 Å². The fraction of sp³-hybridized carbons (Fsp3) is 0.400. The van der Waals surface area contributed by atoms with Crippen LogP contribution in [-0.2, 0) is 0 Å². The molecule has 0 atom stereocenters. The summed E-state index contributed by atoms with van der Waals surface area (Å²) >= 11 is 17.6. The van der Waals surface area contributed by atoms with Crippen molar-refractivity contribution in [2.45, 2.75) is 19.8 Å². The van der Waals surface area contributed by atoms with Gasteiger partial charge < -0.3 is 0 Å². The minimum absolute atomic E-state index is 0.424. The van der Waals surface area contributed by atoms with E-state index in [4.69, 9.17) is 34.8 Å². The number of hydrogen-bond acceptors (Lipinski definition) is 2. The van der Waals surface area contributed by atoms with E-state index in [1.807, 2.05) is 0 Å². The predicted molar refractivity (Wildman–Crippen MR) is 65.8 cm³/mol. The van der Waals surface area contributed by atoms with E-state index in [1.165, 1.54) is 0 Å². The zero-order valence-electron chi connectivity index (χ0n) is 8.30. The normalized spacial score (nSPS) is 11.2. The minimum Gasteiger partial charge on any atom is -0.189 e. The lowest BCUT2D eigenvalue weighted by atomic mass is 10.3. The van der Waals surface area contributed by atoms with Crippen LogP contribution < -0.4 is 0 Å². The quantitative estimate of drug-likeness (QED) is 0.505. The molecule has 0 heterocycles. The number of nitrogens with zero attached hydrogens (tertiary/aromatic N) is 2. The summed E-state index contributed by atoms with van der Waals surface area (Å²) < 4.78 is 0. The molecule has 0 radical (unpaired) electrons. The largest absolute Gasteiger partial charge is 0.189 e. The molecule has 0 amide bonds. The summed E-state index contributed by atoms with van der Waals surface area (Å²) in [5.41, 5.74) is 0.485. The Bertz CT molecular complexity index is 341. The number of benzene rings is 1. The first kappa shape index (κ1) is 12.8. The van der Waals surface area contributed by atoms with Crippen molar-refractivity contribution >= 4 is 40.5 Å². The second kappa shape index (κ2) is 6.31. The Balaban J connectivity index is 2.80. The lowest BCUT2D eigenvalue weighted by molar-refractivity contribution is 0.780. The van der Waals surface area contributed by atoms with Gasteiger partial charge in [-0.05, 0) is 18.6 Å². The van der Waals surface area contributed by atoms with Crippen LogP contribution in [0.2, 0.25) is 15.1 Å². The molecule has 82 valence electrons. The third kappa shape index (κ3) is 3.98. The van der Waals surface area contributed by atoms with Crippen LogP contribution in [0.1, 0.15) is 19.8 Å². The summed E-state index contributed by atoms with van der Waals surface area (Å²) in [5.74, 6) is 0. The first-order chi connectivity index (χ1) is 7.15. The Hall–Kier alpha value is -0.310. The van der Waals surface area contributed by atoms with Crippen LogP contribution >= 0.6 is 34.8 Å². The molecular weight excluding hydrogens is 254 g/mol. The molecular formula is C10H11Cl3N2. The number of hydrogen-bond donors (Lipinski definition) is 0. The monoisotopic (exact) mass is 264 g/mol. The molecule has 2 nitrogen and oxygen atoms in total. The molecule has 0 aromatic heterocycles. The van der Waals surface area contributed by atoms with E-state index in [9.17, 15) is 0 Å². The van der Waals surface area contributed by atoms with Gasteiger partial charge in [0.25, 0.3) is 0 Å². The van der Waals surface area contributed by atoms with Crippen LogP contribution in [-0.4, -0.2) is 6.54 Å². The van der Waals surface area contributed by atoms with Crippen molar-refractivity contribution in [3.8, 4) is 0 Å². The van der Waals surface area contributed by atoms with Gasteiger partial charge in [-0.2, -0.15) is 10.2 Å². The standard InChI is InChI=1S/C10H11Cl3N2/c1-2-3-4-14-15-10-8(12)5-7(11)6-9(10)13/h5-6H,2-4H2,1H3. The van der Waals surface area contributed by atoms with Crippen molar-refractivity contribution in [2.24, 2.45) is 10.2 Å². The van der Waals surface area contributed by atoms with Gasteiger partial charge in [-0.15, -0.1) is 0 Å². The van der Waals surface area contributed by atoms with Gasteiger partial charge in [-0.1, -0.05) is 48.1 Å². The SMILES string of the molecule is CCCCN=Nc1c(Cl)cc(Cl)cc1Cl. The molecule has 0 bridgehead atoms. The van der Waals surface area contributed by atoms with Gasteiger partial charge in [0.1, 0.15) is 5.69 Å². The summed E-state index contributed by atoms with van der Waals surface area (Å²) in [5, 5.41) is 9.33. The topological polar surface area (TPSA) is 24.7 Å². The minimum atomic E-state index is 0.424. The molecule has 0 aliphatic carbocycles. The van der Waals surface area contributed by atoms with E-state index in [1.54, 1.807) is 12.1 Å². The van der Waals surface area contributed by atoms with Crippen LogP contribution in [0, 0.1) is 0 Å². The van der Waals surface area contributed by atoms with Crippen molar-refractivity contribution in [1.29, 1.82) is 0 Å². The highest BCUT2D eigenvalue weighted by Gasteiger charge is 2.06. The number of halogens is 3. The lowest BCUT2D eigenvalue weighted by Crippen LogP contribution is -1.77. The van der Waals surface area contributed by atoms with Gasteiger partial charge in [0.05, 0.1) is 16.6 Å². The summed E-state index contributed by atoms with van der Waals surface area (Å²) in [4.78, 5) is 0. The first-order valence-electron chi connectivity index (χ1n) is 4.67. The van der Waals surface area contributed by atoms with Crippen molar-refractivity contribution in [3.63, 3.8) is 0 Å². The average Bonchev–Trinajstić information content (AvgIpc) is 2.15. The number of unbranched alkanes of at least 4 members (excludes halogenated alkanes) is 1. The molecule has 0 unspecified atom stereocenters. The van der Waals surface area contributed by atoms with E-state index in [0.717, 1.165) is 12.8 Å². The fourth-order valence-corrected chi connectivity index (χ4v) is 1.87. The highest BCUT2D eigenvalue weighted by atomic mass is 35.5. The molecule has 0 aliphatic rings. The lowest BCUT2D eigenvalue weighted by Gasteiger charge is -2.00. The van der Waals surface area contributed by atoms with Crippen LogP contribution in [0.5, 0.6) is 0 Å². The molecule has 0 saturated heterocycles. The Morgan fingerprint density at radius 2 is 1.73 bits per heavy atom. The Kier molecular flexibility index (Phi) is 5.37. The predicted octanol–water partition coefficient (Wildman–Crippen LogP) is 5.53. The van der Waals surface area contributed by atoms with Gasteiger partial charge in [0.2, 0.25) is 0 Å². The van der Waals surface area contributed by atoms with E-state index in [2.05, 4.69) is 17.2 Å². The molecule has 1 aromatic carbocycles. The molecule has 15 heavy (non-hydrogen) atoms. The van der Waals surface area contributed by atoms with Gasteiger partial charge in [-0.3, -0.25) is 0 Å². The maximum atomic E-state index is 5.92. The van der Waals surface area contributed by atoms with Gasteiger partial charge in [0, 0.05) is 5.02 Å². The molecule has 1 rings (SSSR count). The number of rotatable bonds is 4. The van der Waals surface area contributed by atoms with Crippen molar-refractivity contribution in [3.05, 3.63) is 27.2 Å². The maximum Gasteiger partial charge on any atom is 0.122 e. The van der Waals surface area contributed by atoms with E-state index < -0.39 is 0 Å². The summed E-state index contributed by atoms with van der Waals surface area (Å²) in [6, 6.07) is 3.20. The zero-order valence-corrected chi connectivity index (χ0v) is 10.6. The summed E-state index contributed by atoms with van der Waals surface area (Å²) in [6.07, 6.45) is 2.09. The fourth-order valence-electron chi connectivity index (χ4n) is 0.980. The maximum absolute atomic E-state index is 5.92. The second-order valence-corrected chi connectivity index (χ2v) is 4.29.